The summed E-state index contributed by atoms with van der Waals surface area (Å²) in [6, 6.07) is 5.38. The second kappa shape index (κ2) is 6.60. The smallest absolute Gasteiger partial charge is 0.339 e. The molecule has 1 saturated carbocycles. The van der Waals surface area contributed by atoms with Gasteiger partial charge in [0.05, 0.1) is 6.61 Å². The predicted octanol–water partition coefficient (Wildman–Crippen LogP) is 3.91. The van der Waals surface area contributed by atoms with E-state index in [9.17, 15) is 9.90 Å². The summed E-state index contributed by atoms with van der Waals surface area (Å²) in [4.78, 5) is 11.2. The average molecular weight is 262 g/mol. The van der Waals surface area contributed by atoms with E-state index < -0.39 is 5.97 Å². The Labute approximate surface area is 114 Å². The maximum atomic E-state index is 11.2. The second-order valence-electron chi connectivity index (χ2n) is 5.30. The van der Waals surface area contributed by atoms with Crippen LogP contribution in [0.15, 0.2) is 18.2 Å². The largest absolute Gasteiger partial charge is 0.492 e. The molecule has 1 aromatic carbocycles. The zero-order chi connectivity index (χ0) is 13.7. The Hall–Kier alpha value is -1.51. The summed E-state index contributed by atoms with van der Waals surface area (Å²) in [6.07, 6.45) is 7.16. The number of carbonyl (C=O) groups is 1. The van der Waals surface area contributed by atoms with Gasteiger partial charge in [0, 0.05) is 0 Å². The van der Waals surface area contributed by atoms with Gasteiger partial charge in [-0.1, -0.05) is 32.3 Å². The maximum absolute atomic E-state index is 11.2. The van der Waals surface area contributed by atoms with E-state index in [4.69, 9.17) is 4.74 Å². The maximum Gasteiger partial charge on any atom is 0.339 e. The van der Waals surface area contributed by atoms with Crippen LogP contribution in [0.2, 0.25) is 0 Å². The number of rotatable bonds is 5. The first-order valence-corrected chi connectivity index (χ1v) is 7.19. The molecule has 1 aliphatic rings. The van der Waals surface area contributed by atoms with E-state index in [0.29, 0.717) is 18.3 Å². The third-order valence-electron chi connectivity index (χ3n) is 3.88. The topological polar surface area (TPSA) is 46.5 Å². The highest BCUT2D eigenvalue weighted by atomic mass is 16.5. The van der Waals surface area contributed by atoms with Gasteiger partial charge >= 0.3 is 5.97 Å². The van der Waals surface area contributed by atoms with Gasteiger partial charge in [-0.15, -0.1) is 0 Å². The molecule has 1 aliphatic carbocycles. The third-order valence-corrected chi connectivity index (χ3v) is 3.88. The van der Waals surface area contributed by atoms with Crippen LogP contribution in [0.5, 0.6) is 5.75 Å². The molecule has 1 fully saturated rings. The van der Waals surface area contributed by atoms with Gasteiger partial charge in [0.1, 0.15) is 11.3 Å². The quantitative estimate of drug-likeness (QED) is 0.875. The molecule has 1 aromatic rings. The molecular formula is C16H22O3. The van der Waals surface area contributed by atoms with Crippen LogP contribution in [-0.2, 0) is 6.42 Å². The van der Waals surface area contributed by atoms with Gasteiger partial charge in [0.2, 0.25) is 0 Å². The SMILES string of the molecule is CCc1ccc(C(=O)O)c(OCC2CCCCC2)c1. The molecule has 0 atom stereocenters. The Kier molecular flexibility index (Phi) is 4.83. The summed E-state index contributed by atoms with van der Waals surface area (Å²) >= 11 is 0. The molecule has 0 saturated heterocycles. The summed E-state index contributed by atoms with van der Waals surface area (Å²) in [7, 11) is 0. The Morgan fingerprint density at radius 3 is 2.68 bits per heavy atom. The number of aryl methyl sites for hydroxylation is 1. The summed E-state index contributed by atoms with van der Waals surface area (Å²) < 4.78 is 5.80. The minimum Gasteiger partial charge on any atom is -0.492 e. The van der Waals surface area contributed by atoms with Crippen molar-refractivity contribution in [1.29, 1.82) is 0 Å². The Balaban J connectivity index is 2.06. The van der Waals surface area contributed by atoms with E-state index >= 15 is 0 Å². The Bertz CT molecular complexity index is 434. The van der Waals surface area contributed by atoms with Crippen LogP contribution in [0.25, 0.3) is 0 Å². The first-order valence-electron chi connectivity index (χ1n) is 7.19. The molecule has 0 aliphatic heterocycles. The highest BCUT2D eigenvalue weighted by Crippen LogP contribution is 2.26. The molecule has 0 spiro atoms. The number of benzene rings is 1. The summed E-state index contributed by atoms with van der Waals surface area (Å²) in [5, 5.41) is 9.19. The molecule has 1 N–H and O–H groups in total. The van der Waals surface area contributed by atoms with Crippen molar-refractivity contribution >= 4 is 5.97 Å². The summed E-state index contributed by atoms with van der Waals surface area (Å²) in [5.41, 5.74) is 1.39. The van der Waals surface area contributed by atoms with Crippen LogP contribution in [0.3, 0.4) is 0 Å². The van der Waals surface area contributed by atoms with Crippen molar-refractivity contribution in [3.63, 3.8) is 0 Å². The lowest BCUT2D eigenvalue weighted by Crippen LogP contribution is -2.16. The molecule has 0 bridgehead atoms. The van der Waals surface area contributed by atoms with E-state index in [-0.39, 0.29) is 5.56 Å². The van der Waals surface area contributed by atoms with Crippen LogP contribution in [0.4, 0.5) is 0 Å². The lowest BCUT2D eigenvalue weighted by Gasteiger charge is -2.22. The number of carboxylic acids is 1. The Morgan fingerprint density at radius 1 is 1.32 bits per heavy atom. The molecule has 0 amide bonds. The van der Waals surface area contributed by atoms with Crippen LogP contribution >= 0.6 is 0 Å². The molecule has 0 radical (unpaired) electrons. The highest BCUT2D eigenvalue weighted by molar-refractivity contribution is 5.91. The monoisotopic (exact) mass is 262 g/mol. The fraction of sp³-hybridized carbons (Fsp3) is 0.562. The fourth-order valence-electron chi connectivity index (χ4n) is 2.64. The predicted molar refractivity (Wildman–Crippen MR) is 74.8 cm³/mol. The first kappa shape index (κ1) is 13.9. The van der Waals surface area contributed by atoms with Gasteiger partial charge in [-0.25, -0.2) is 4.79 Å². The third kappa shape index (κ3) is 3.72. The molecule has 0 unspecified atom stereocenters. The molecule has 19 heavy (non-hydrogen) atoms. The Morgan fingerprint density at radius 2 is 2.05 bits per heavy atom. The van der Waals surface area contributed by atoms with E-state index in [0.717, 1.165) is 12.0 Å². The molecular weight excluding hydrogens is 240 g/mol. The number of aromatic carboxylic acids is 1. The molecule has 2 rings (SSSR count). The minimum absolute atomic E-state index is 0.271. The van der Waals surface area contributed by atoms with Crippen molar-refractivity contribution < 1.29 is 14.6 Å². The fourth-order valence-corrected chi connectivity index (χ4v) is 2.64. The molecule has 0 heterocycles. The number of carboxylic acid groups (broad SMARTS) is 1. The summed E-state index contributed by atoms with van der Waals surface area (Å²) in [5.74, 6) is 0.194. The van der Waals surface area contributed by atoms with E-state index in [2.05, 4.69) is 6.92 Å². The number of hydrogen-bond acceptors (Lipinski definition) is 2. The first-order chi connectivity index (χ1) is 9.20. The van der Waals surface area contributed by atoms with Crippen molar-refractivity contribution in [3.05, 3.63) is 29.3 Å². The lowest BCUT2D eigenvalue weighted by molar-refractivity contribution is 0.0690. The average Bonchev–Trinajstić information content (AvgIpc) is 2.45. The van der Waals surface area contributed by atoms with E-state index in [1.807, 2.05) is 12.1 Å². The zero-order valence-electron chi connectivity index (χ0n) is 11.5. The van der Waals surface area contributed by atoms with Crippen LogP contribution < -0.4 is 4.74 Å². The van der Waals surface area contributed by atoms with Gasteiger partial charge in [-0.3, -0.25) is 0 Å². The minimum atomic E-state index is -0.915. The normalized spacial score (nSPS) is 16.3. The molecule has 104 valence electrons. The molecule has 3 nitrogen and oxygen atoms in total. The lowest BCUT2D eigenvalue weighted by atomic mass is 9.90. The summed E-state index contributed by atoms with van der Waals surface area (Å²) in [6.45, 7) is 2.70. The van der Waals surface area contributed by atoms with Crippen LogP contribution in [0.1, 0.15) is 54.9 Å². The van der Waals surface area contributed by atoms with Crippen molar-refractivity contribution in [2.75, 3.05) is 6.61 Å². The van der Waals surface area contributed by atoms with Gasteiger partial charge in [-0.05, 0) is 42.9 Å². The van der Waals surface area contributed by atoms with Crippen LogP contribution in [-0.4, -0.2) is 17.7 Å². The van der Waals surface area contributed by atoms with Gasteiger partial charge < -0.3 is 9.84 Å². The van der Waals surface area contributed by atoms with Crippen molar-refractivity contribution in [2.24, 2.45) is 5.92 Å². The van der Waals surface area contributed by atoms with Gasteiger partial charge in [-0.2, -0.15) is 0 Å². The molecule has 0 aromatic heterocycles. The molecule has 3 heteroatoms. The number of hydrogen-bond donors (Lipinski definition) is 1. The van der Waals surface area contributed by atoms with Gasteiger partial charge in [0.25, 0.3) is 0 Å². The van der Waals surface area contributed by atoms with Crippen LogP contribution in [0, 0.1) is 5.92 Å². The van der Waals surface area contributed by atoms with Crippen molar-refractivity contribution in [2.45, 2.75) is 45.4 Å². The van der Waals surface area contributed by atoms with E-state index in [1.54, 1.807) is 6.07 Å². The van der Waals surface area contributed by atoms with Crippen molar-refractivity contribution in [3.8, 4) is 5.75 Å². The number of ether oxygens (including phenoxy) is 1. The van der Waals surface area contributed by atoms with Crippen molar-refractivity contribution in [1.82, 2.24) is 0 Å². The van der Waals surface area contributed by atoms with Gasteiger partial charge in [0.15, 0.2) is 0 Å². The standard InChI is InChI=1S/C16H22O3/c1-2-12-8-9-14(16(17)18)15(10-12)19-11-13-6-4-3-5-7-13/h8-10,13H,2-7,11H2,1H3,(H,17,18). The van der Waals surface area contributed by atoms with E-state index in [1.165, 1.54) is 32.1 Å². The highest BCUT2D eigenvalue weighted by Gasteiger charge is 2.17. The zero-order valence-corrected chi connectivity index (χ0v) is 11.5. The second-order valence-corrected chi connectivity index (χ2v) is 5.30.